The Hall–Kier alpha value is -4.79. The van der Waals surface area contributed by atoms with E-state index in [1.807, 2.05) is 32.0 Å². The van der Waals surface area contributed by atoms with Crippen molar-refractivity contribution in [1.29, 1.82) is 0 Å². The number of allylic oxidation sites excluding steroid dienone is 1. The summed E-state index contributed by atoms with van der Waals surface area (Å²) >= 11 is 0. The number of carbonyl (C=O) groups is 2. The number of hydrogen-bond donors (Lipinski definition) is 2. The molecule has 8 nitrogen and oxygen atoms in total. The third-order valence-electron chi connectivity index (χ3n) is 8.65. The van der Waals surface area contributed by atoms with Crippen molar-refractivity contribution < 1.29 is 14.0 Å². The lowest BCUT2D eigenvalue weighted by Crippen LogP contribution is -2.35. The first-order valence-corrected chi connectivity index (χ1v) is 13.9. The van der Waals surface area contributed by atoms with Gasteiger partial charge in [-0.1, -0.05) is 32.6 Å². The number of aromatic nitrogens is 1. The van der Waals surface area contributed by atoms with Gasteiger partial charge in [0.05, 0.1) is 5.41 Å². The van der Waals surface area contributed by atoms with Crippen molar-refractivity contribution in [3.63, 3.8) is 0 Å². The van der Waals surface area contributed by atoms with Gasteiger partial charge in [-0.3, -0.25) is 19.0 Å². The molecule has 0 fully saturated rings. The molecule has 1 atom stereocenters. The number of carbonyl (C=O) groups excluding carboxylic acids is 2. The fraction of sp³-hybridized carbons (Fsp3) is 0.273. The molecule has 0 bridgehead atoms. The number of nitrogens with zero attached hydrogens (tertiary/aromatic N) is 3. The molecule has 2 aromatic carbocycles. The summed E-state index contributed by atoms with van der Waals surface area (Å²) in [6.45, 7) is 10.0. The maximum absolute atomic E-state index is 14.0. The number of hydrogen-bond acceptors (Lipinski definition) is 5. The van der Waals surface area contributed by atoms with E-state index in [1.165, 1.54) is 22.8 Å². The van der Waals surface area contributed by atoms with Gasteiger partial charge in [0, 0.05) is 53.8 Å². The molecule has 3 aliphatic rings. The fourth-order valence-electron chi connectivity index (χ4n) is 6.48. The first-order chi connectivity index (χ1) is 20.0. The van der Waals surface area contributed by atoms with Crippen LogP contribution in [0.2, 0.25) is 0 Å². The average molecular weight is 566 g/mol. The fourth-order valence-corrected chi connectivity index (χ4v) is 6.48. The predicted molar refractivity (Wildman–Crippen MR) is 162 cm³/mol. The van der Waals surface area contributed by atoms with Crippen LogP contribution >= 0.6 is 0 Å². The zero-order valence-corrected chi connectivity index (χ0v) is 24.0. The molecule has 3 aromatic rings. The first kappa shape index (κ1) is 27.4. The van der Waals surface area contributed by atoms with Crippen molar-refractivity contribution in [3.8, 4) is 0 Å². The molecule has 2 N–H and O–H groups in total. The third kappa shape index (κ3) is 4.19. The zero-order chi connectivity index (χ0) is 30.0. The standard InChI is InChI=1S/C33H32FN5O3/c1-6-24-29(35-7-2)37-31(42)33(24)16-19-8-10-23(12-21(19)17-33)36-27-13-20(14-28(40)38(27)5)30(41)39-18-32(3,4)25-15-22(34)9-11-26(25)39/h6-15,36H,1,16-18H2,2-5H3,(H,37,42)/b35-7-. The summed E-state index contributed by atoms with van der Waals surface area (Å²) < 4.78 is 15.4. The third-order valence-corrected chi connectivity index (χ3v) is 8.65. The number of aliphatic imine (C=N–C) groups is 1. The Morgan fingerprint density at radius 1 is 1.10 bits per heavy atom. The molecule has 2 aliphatic heterocycles. The average Bonchev–Trinajstić information content (AvgIpc) is 3.54. The van der Waals surface area contributed by atoms with Crippen LogP contribution in [0.5, 0.6) is 0 Å². The van der Waals surface area contributed by atoms with E-state index in [1.54, 1.807) is 43.3 Å². The van der Waals surface area contributed by atoms with Crippen molar-refractivity contribution in [2.45, 2.75) is 39.0 Å². The highest BCUT2D eigenvalue weighted by Gasteiger charge is 2.51. The van der Waals surface area contributed by atoms with E-state index in [-0.39, 0.29) is 28.8 Å². The number of amides is 2. The lowest BCUT2D eigenvalue weighted by atomic mass is 9.78. The molecular formula is C33H32FN5O3. The number of pyridine rings is 1. The maximum Gasteiger partial charge on any atom is 0.258 e. The van der Waals surface area contributed by atoms with Crippen LogP contribution < -0.4 is 21.1 Å². The Kier molecular flexibility index (Phi) is 6.29. The minimum Gasteiger partial charge on any atom is -0.342 e. The number of nitrogens with one attached hydrogen (secondary N) is 2. The number of benzene rings is 2. The summed E-state index contributed by atoms with van der Waals surface area (Å²) in [4.78, 5) is 45.8. The molecule has 9 heteroatoms. The lowest BCUT2D eigenvalue weighted by Gasteiger charge is -2.21. The highest BCUT2D eigenvalue weighted by molar-refractivity contribution is 6.08. The number of anilines is 3. The molecular weight excluding hydrogens is 533 g/mol. The van der Waals surface area contributed by atoms with Crippen molar-refractivity contribution in [2.24, 2.45) is 17.5 Å². The van der Waals surface area contributed by atoms with E-state index in [4.69, 9.17) is 0 Å². The SMILES string of the molecule is C=CC1=C(/N=C\C)NC(=O)C12Cc1ccc(Nc3cc(C(=O)N4CC(C)(C)c5cc(F)ccc54)cc(=O)n3C)cc1C2. The van der Waals surface area contributed by atoms with Crippen molar-refractivity contribution in [3.05, 3.63) is 111 Å². The topological polar surface area (TPSA) is 95.8 Å². The minimum absolute atomic E-state index is 0.0910. The predicted octanol–water partition coefficient (Wildman–Crippen LogP) is 4.91. The molecule has 0 saturated heterocycles. The highest BCUT2D eigenvalue weighted by atomic mass is 19.1. The van der Waals surface area contributed by atoms with E-state index in [0.29, 0.717) is 36.7 Å². The molecule has 0 radical (unpaired) electrons. The second-order valence-corrected chi connectivity index (χ2v) is 11.8. The number of rotatable bonds is 5. The Labute approximate surface area is 243 Å². The smallest absolute Gasteiger partial charge is 0.258 e. The molecule has 1 aliphatic carbocycles. The molecule has 214 valence electrons. The molecule has 1 spiro atoms. The van der Waals surface area contributed by atoms with Gasteiger partial charge < -0.3 is 15.5 Å². The summed E-state index contributed by atoms with van der Waals surface area (Å²) in [5.74, 6) is 0.213. The molecule has 6 rings (SSSR count). The molecule has 42 heavy (non-hydrogen) atoms. The normalized spacial score (nSPS) is 20.3. The van der Waals surface area contributed by atoms with E-state index in [0.717, 1.165) is 28.0 Å². The second-order valence-electron chi connectivity index (χ2n) is 11.8. The Bertz CT molecular complexity index is 1820. The summed E-state index contributed by atoms with van der Waals surface area (Å²) in [5, 5.41) is 6.21. The highest BCUT2D eigenvalue weighted by Crippen LogP contribution is 2.48. The lowest BCUT2D eigenvalue weighted by molar-refractivity contribution is -0.126. The van der Waals surface area contributed by atoms with E-state index in [9.17, 15) is 18.8 Å². The van der Waals surface area contributed by atoms with Gasteiger partial charge in [0.15, 0.2) is 0 Å². The van der Waals surface area contributed by atoms with Gasteiger partial charge in [-0.05, 0) is 72.9 Å². The van der Waals surface area contributed by atoms with Gasteiger partial charge in [-0.25, -0.2) is 9.38 Å². The summed E-state index contributed by atoms with van der Waals surface area (Å²) in [6.07, 6.45) is 4.39. The van der Waals surface area contributed by atoms with Crippen LogP contribution in [0.4, 0.5) is 21.6 Å². The van der Waals surface area contributed by atoms with Crippen LogP contribution in [0, 0.1) is 11.2 Å². The van der Waals surface area contributed by atoms with Gasteiger partial charge in [0.1, 0.15) is 17.5 Å². The molecule has 3 heterocycles. The van der Waals surface area contributed by atoms with Crippen LogP contribution in [0.15, 0.2) is 82.4 Å². The van der Waals surface area contributed by atoms with Crippen molar-refractivity contribution >= 4 is 35.2 Å². The maximum atomic E-state index is 14.0. The Balaban J connectivity index is 1.30. The van der Waals surface area contributed by atoms with Crippen LogP contribution in [0.1, 0.15) is 47.8 Å². The molecule has 1 aromatic heterocycles. The van der Waals surface area contributed by atoms with Crippen molar-refractivity contribution in [2.75, 3.05) is 16.8 Å². The number of halogens is 1. The zero-order valence-electron chi connectivity index (χ0n) is 24.0. The summed E-state index contributed by atoms with van der Waals surface area (Å²) in [5.41, 5.74) is 3.69. The van der Waals surface area contributed by atoms with E-state index in [2.05, 4.69) is 22.2 Å². The van der Waals surface area contributed by atoms with Gasteiger partial charge in [0.2, 0.25) is 5.91 Å². The number of fused-ring (bicyclic) bond motifs is 2. The molecule has 2 amide bonds. The first-order valence-electron chi connectivity index (χ1n) is 13.9. The Morgan fingerprint density at radius 3 is 2.60 bits per heavy atom. The van der Waals surface area contributed by atoms with E-state index >= 15 is 0 Å². The van der Waals surface area contributed by atoms with Crippen LogP contribution in [-0.2, 0) is 30.1 Å². The molecule has 0 saturated carbocycles. The van der Waals surface area contributed by atoms with Gasteiger partial charge in [0.25, 0.3) is 11.5 Å². The monoisotopic (exact) mass is 565 g/mol. The molecule has 1 unspecified atom stereocenters. The van der Waals surface area contributed by atoms with Crippen LogP contribution in [0.25, 0.3) is 0 Å². The quantitative estimate of drug-likeness (QED) is 0.430. The van der Waals surface area contributed by atoms with Gasteiger partial charge in [-0.15, -0.1) is 0 Å². The Morgan fingerprint density at radius 2 is 1.86 bits per heavy atom. The second kappa shape index (κ2) is 9.65. The summed E-state index contributed by atoms with van der Waals surface area (Å²) in [6, 6.07) is 13.3. The van der Waals surface area contributed by atoms with Gasteiger partial charge in [-0.2, -0.15) is 0 Å². The van der Waals surface area contributed by atoms with Crippen LogP contribution in [0.3, 0.4) is 0 Å². The van der Waals surface area contributed by atoms with Crippen molar-refractivity contribution in [1.82, 2.24) is 9.88 Å². The minimum atomic E-state index is -0.757. The van der Waals surface area contributed by atoms with Crippen LogP contribution in [-0.4, -0.2) is 29.1 Å². The largest absolute Gasteiger partial charge is 0.342 e. The summed E-state index contributed by atoms with van der Waals surface area (Å²) in [7, 11) is 1.64. The van der Waals surface area contributed by atoms with Gasteiger partial charge >= 0.3 is 0 Å². The van der Waals surface area contributed by atoms with E-state index < -0.39 is 10.8 Å².